The van der Waals surface area contributed by atoms with Crippen molar-refractivity contribution in [1.29, 1.82) is 0 Å². The predicted molar refractivity (Wildman–Crippen MR) is 89.8 cm³/mol. The van der Waals surface area contributed by atoms with Gasteiger partial charge >= 0.3 is 5.97 Å². The third kappa shape index (κ3) is 7.51. The number of anilines is 1. The molecule has 1 heterocycles. The van der Waals surface area contributed by atoms with Gasteiger partial charge in [-0.2, -0.15) is 0 Å². The van der Waals surface area contributed by atoms with Crippen molar-refractivity contribution in [3.8, 4) is 0 Å². The first-order chi connectivity index (χ1) is 11.5. The minimum absolute atomic E-state index is 0.00775. The molecule has 1 rings (SSSR count). The van der Waals surface area contributed by atoms with E-state index in [0.29, 0.717) is 11.7 Å². The van der Waals surface area contributed by atoms with E-state index in [9.17, 15) is 14.4 Å². The molecule has 24 heavy (non-hydrogen) atoms. The zero-order valence-electron chi connectivity index (χ0n) is 14.2. The van der Waals surface area contributed by atoms with Crippen molar-refractivity contribution in [3.05, 3.63) is 11.1 Å². The van der Waals surface area contributed by atoms with Crippen LogP contribution >= 0.6 is 11.3 Å². The summed E-state index contributed by atoms with van der Waals surface area (Å²) in [7, 11) is 1.51. The summed E-state index contributed by atoms with van der Waals surface area (Å²) in [5, 5.41) is 4.96. The SMILES string of the molecule is CCOC(=O)CCC(=O)N(CCOC)CC(=O)Nc1nc(C)cs1. The first kappa shape index (κ1) is 20.0. The van der Waals surface area contributed by atoms with E-state index in [1.54, 1.807) is 6.92 Å². The molecular weight excluding hydrogens is 334 g/mol. The molecular formula is C15H23N3O5S. The number of hydrogen-bond donors (Lipinski definition) is 1. The highest BCUT2D eigenvalue weighted by molar-refractivity contribution is 7.13. The van der Waals surface area contributed by atoms with Gasteiger partial charge in [0.05, 0.1) is 25.3 Å². The number of nitrogens with zero attached hydrogens (tertiary/aromatic N) is 2. The molecule has 9 heteroatoms. The van der Waals surface area contributed by atoms with Gasteiger partial charge in [0.25, 0.3) is 0 Å². The summed E-state index contributed by atoms with van der Waals surface area (Å²) in [6.07, 6.45) is -0.0182. The van der Waals surface area contributed by atoms with Crippen LogP contribution < -0.4 is 5.32 Å². The van der Waals surface area contributed by atoms with Gasteiger partial charge in [-0.3, -0.25) is 14.4 Å². The van der Waals surface area contributed by atoms with Crippen LogP contribution in [0.15, 0.2) is 5.38 Å². The van der Waals surface area contributed by atoms with Crippen LogP contribution in [-0.2, 0) is 23.9 Å². The molecule has 0 radical (unpaired) electrons. The maximum absolute atomic E-state index is 12.2. The number of aryl methyl sites for hydroxylation is 1. The number of carbonyl (C=O) groups excluding carboxylic acids is 3. The average molecular weight is 357 g/mol. The van der Waals surface area contributed by atoms with Crippen molar-refractivity contribution in [1.82, 2.24) is 9.88 Å². The molecule has 0 aliphatic carbocycles. The third-order valence-corrected chi connectivity index (χ3v) is 3.84. The average Bonchev–Trinajstić information content (AvgIpc) is 2.94. The number of ether oxygens (including phenoxy) is 2. The minimum Gasteiger partial charge on any atom is -0.466 e. The van der Waals surface area contributed by atoms with Crippen molar-refractivity contribution in [2.24, 2.45) is 0 Å². The van der Waals surface area contributed by atoms with E-state index >= 15 is 0 Å². The highest BCUT2D eigenvalue weighted by Crippen LogP contribution is 2.14. The molecule has 0 saturated carbocycles. The Kier molecular flexibility index (Phi) is 8.95. The van der Waals surface area contributed by atoms with E-state index < -0.39 is 5.97 Å². The van der Waals surface area contributed by atoms with Crippen molar-refractivity contribution >= 4 is 34.3 Å². The zero-order chi connectivity index (χ0) is 17.9. The van der Waals surface area contributed by atoms with Gasteiger partial charge in [0.2, 0.25) is 11.8 Å². The normalized spacial score (nSPS) is 10.3. The van der Waals surface area contributed by atoms with Gasteiger partial charge in [0.1, 0.15) is 6.54 Å². The lowest BCUT2D eigenvalue weighted by Crippen LogP contribution is -2.40. The topological polar surface area (TPSA) is 97.8 Å². The summed E-state index contributed by atoms with van der Waals surface area (Å²) in [6, 6.07) is 0. The van der Waals surface area contributed by atoms with E-state index in [4.69, 9.17) is 9.47 Å². The Morgan fingerprint density at radius 1 is 1.33 bits per heavy atom. The van der Waals surface area contributed by atoms with Crippen molar-refractivity contribution in [2.75, 3.05) is 38.7 Å². The fraction of sp³-hybridized carbons (Fsp3) is 0.600. The molecule has 0 atom stereocenters. The first-order valence-corrected chi connectivity index (χ1v) is 8.48. The number of thiazole rings is 1. The van der Waals surface area contributed by atoms with Crippen LogP contribution in [0.3, 0.4) is 0 Å². The Morgan fingerprint density at radius 2 is 2.08 bits per heavy atom. The van der Waals surface area contributed by atoms with Crippen LogP contribution in [0.5, 0.6) is 0 Å². The van der Waals surface area contributed by atoms with Gasteiger partial charge in [-0.15, -0.1) is 11.3 Å². The second-order valence-corrected chi connectivity index (χ2v) is 5.81. The van der Waals surface area contributed by atoms with E-state index in [1.807, 2.05) is 12.3 Å². The Bertz CT molecular complexity index is 561. The largest absolute Gasteiger partial charge is 0.466 e. The smallest absolute Gasteiger partial charge is 0.306 e. The number of esters is 1. The highest BCUT2D eigenvalue weighted by Gasteiger charge is 2.19. The van der Waals surface area contributed by atoms with Gasteiger partial charge in [-0.1, -0.05) is 0 Å². The van der Waals surface area contributed by atoms with Crippen molar-refractivity contribution in [2.45, 2.75) is 26.7 Å². The number of nitrogens with one attached hydrogen (secondary N) is 1. The lowest BCUT2D eigenvalue weighted by atomic mass is 10.2. The monoisotopic (exact) mass is 357 g/mol. The van der Waals surface area contributed by atoms with Gasteiger partial charge in [-0.25, -0.2) is 4.98 Å². The van der Waals surface area contributed by atoms with Crippen LogP contribution in [-0.4, -0.2) is 61.1 Å². The molecule has 0 spiro atoms. The summed E-state index contributed by atoms with van der Waals surface area (Å²) in [4.78, 5) is 41.1. The molecule has 0 aliphatic heterocycles. The minimum atomic E-state index is -0.430. The second kappa shape index (κ2) is 10.7. The number of amides is 2. The van der Waals surface area contributed by atoms with Gasteiger partial charge in [0.15, 0.2) is 5.13 Å². The summed E-state index contributed by atoms with van der Waals surface area (Å²) >= 11 is 1.32. The Labute approximate surface area is 145 Å². The summed E-state index contributed by atoms with van der Waals surface area (Å²) < 4.78 is 9.76. The van der Waals surface area contributed by atoms with Crippen LogP contribution in [0.25, 0.3) is 0 Å². The standard InChI is InChI=1S/C15H23N3O5S/c1-4-23-14(21)6-5-13(20)18(7-8-22-3)9-12(19)17-15-16-11(2)10-24-15/h10H,4-9H2,1-3H3,(H,16,17,19). The molecule has 0 unspecified atom stereocenters. The lowest BCUT2D eigenvalue weighted by molar-refractivity contribution is -0.146. The molecule has 0 fully saturated rings. The molecule has 2 amide bonds. The predicted octanol–water partition coefficient (Wildman–Crippen LogP) is 1.21. The van der Waals surface area contributed by atoms with E-state index in [1.165, 1.54) is 23.3 Å². The number of carbonyl (C=O) groups is 3. The molecule has 1 N–H and O–H groups in total. The molecule has 0 bridgehead atoms. The summed E-state index contributed by atoms with van der Waals surface area (Å²) in [5.74, 6) is -1.07. The molecule has 1 aromatic rings. The lowest BCUT2D eigenvalue weighted by Gasteiger charge is -2.21. The summed E-state index contributed by atoms with van der Waals surface area (Å²) in [5.41, 5.74) is 0.817. The van der Waals surface area contributed by atoms with E-state index in [2.05, 4.69) is 10.3 Å². The van der Waals surface area contributed by atoms with Crippen LogP contribution in [0.4, 0.5) is 5.13 Å². The van der Waals surface area contributed by atoms with Crippen molar-refractivity contribution < 1.29 is 23.9 Å². The number of aromatic nitrogens is 1. The van der Waals surface area contributed by atoms with Crippen LogP contribution in [0.1, 0.15) is 25.5 Å². The Balaban J connectivity index is 2.54. The van der Waals surface area contributed by atoms with Gasteiger partial charge in [0, 0.05) is 25.5 Å². The quantitative estimate of drug-likeness (QED) is 0.632. The van der Waals surface area contributed by atoms with Crippen molar-refractivity contribution in [3.63, 3.8) is 0 Å². The molecule has 8 nitrogen and oxygen atoms in total. The van der Waals surface area contributed by atoms with Crippen LogP contribution in [0, 0.1) is 6.92 Å². The third-order valence-electron chi connectivity index (χ3n) is 2.97. The number of hydrogen-bond acceptors (Lipinski definition) is 7. The Morgan fingerprint density at radius 3 is 2.67 bits per heavy atom. The number of methoxy groups -OCH3 is 1. The van der Waals surface area contributed by atoms with E-state index in [0.717, 1.165) is 5.69 Å². The van der Waals surface area contributed by atoms with Crippen LogP contribution in [0.2, 0.25) is 0 Å². The fourth-order valence-corrected chi connectivity index (χ4v) is 2.54. The van der Waals surface area contributed by atoms with E-state index in [-0.39, 0.29) is 44.4 Å². The second-order valence-electron chi connectivity index (χ2n) is 4.96. The maximum Gasteiger partial charge on any atom is 0.306 e. The molecule has 1 aromatic heterocycles. The van der Waals surface area contributed by atoms with Gasteiger partial charge in [-0.05, 0) is 13.8 Å². The molecule has 0 aliphatic rings. The fourth-order valence-electron chi connectivity index (χ4n) is 1.84. The maximum atomic E-state index is 12.2. The Hall–Kier alpha value is -2.00. The number of rotatable bonds is 10. The first-order valence-electron chi connectivity index (χ1n) is 7.60. The molecule has 0 saturated heterocycles. The van der Waals surface area contributed by atoms with Gasteiger partial charge < -0.3 is 19.7 Å². The molecule has 134 valence electrons. The summed E-state index contributed by atoms with van der Waals surface area (Å²) in [6.45, 7) is 4.25. The zero-order valence-corrected chi connectivity index (χ0v) is 15.0. The molecule has 0 aromatic carbocycles. The highest BCUT2D eigenvalue weighted by atomic mass is 32.1.